The Bertz CT molecular complexity index is 517. The quantitative estimate of drug-likeness (QED) is 0.817. The predicted octanol–water partition coefficient (Wildman–Crippen LogP) is 4.04. The number of thiophene rings is 1. The Kier molecular flexibility index (Phi) is 5.10. The molecule has 1 amide bonds. The number of aromatic nitrogens is 1. The second kappa shape index (κ2) is 6.82. The summed E-state index contributed by atoms with van der Waals surface area (Å²) >= 11 is 3.09. The van der Waals surface area contributed by atoms with Gasteiger partial charge in [0.15, 0.2) is 0 Å². The molecular formula is C14H18N2OS2. The predicted molar refractivity (Wildman–Crippen MR) is 81.8 cm³/mol. The zero-order valence-electron chi connectivity index (χ0n) is 11.2. The zero-order chi connectivity index (χ0) is 13.7. The molecule has 19 heavy (non-hydrogen) atoms. The van der Waals surface area contributed by atoms with Gasteiger partial charge in [0.25, 0.3) is 5.91 Å². The van der Waals surface area contributed by atoms with E-state index in [4.69, 9.17) is 0 Å². The topological polar surface area (TPSA) is 42.0 Å². The van der Waals surface area contributed by atoms with Crippen molar-refractivity contribution in [2.24, 2.45) is 5.92 Å². The summed E-state index contributed by atoms with van der Waals surface area (Å²) in [6, 6.07) is 4.01. The van der Waals surface area contributed by atoms with Crippen molar-refractivity contribution in [3.05, 3.63) is 28.6 Å². The molecule has 0 aliphatic carbocycles. The highest BCUT2D eigenvalue weighted by Crippen LogP contribution is 2.28. The number of nitrogens with one attached hydrogen (secondary N) is 1. The summed E-state index contributed by atoms with van der Waals surface area (Å²) in [4.78, 5) is 18.0. The molecule has 0 aromatic carbocycles. The summed E-state index contributed by atoms with van der Waals surface area (Å²) in [5, 5.41) is 5.88. The van der Waals surface area contributed by atoms with Crippen molar-refractivity contribution >= 4 is 28.6 Å². The van der Waals surface area contributed by atoms with Gasteiger partial charge in [-0.15, -0.1) is 22.7 Å². The van der Waals surface area contributed by atoms with E-state index >= 15 is 0 Å². The van der Waals surface area contributed by atoms with Crippen molar-refractivity contribution in [3.63, 3.8) is 0 Å². The van der Waals surface area contributed by atoms with Gasteiger partial charge < -0.3 is 5.32 Å². The van der Waals surface area contributed by atoms with Crippen molar-refractivity contribution in [2.45, 2.75) is 26.7 Å². The first kappa shape index (κ1) is 14.2. The van der Waals surface area contributed by atoms with Gasteiger partial charge in [-0.05, 0) is 30.2 Å². The molecule has 2 heterocycles. The molecule has 102 valence electrons. The summed E-state index contributed by atoms with van der Waals surface area (Å²) in [6.07, 6.45) is 3.83. The maximum Gasteiger partial charge on any atom is 0.263 e. The minimum absolute atomic E-state index is 0.0101. The molecule has 0 saturated heterocycles. The van der Waals surface area contributed by atoms with E-state index < -0.39 is 0 Å². The molecule has 2 rings (SSSR count). The van der Waals surface area contributed by atoms with E-state index in [0.717, 1.165) is 29.3 Å². The maximum absolute atomic E-state index is 11.9. The van der Waals surface area contributed by atoms with E-state index in [9.17, 15) is 4.79 Å². The van der Waals surface area contributed by atoms with Gasteiger partial charge in [0.05, 0.1) is 11.1 Å². The third-order valence-corrected chi connectivity index (χ3v) is 4.74. The molecule has 0 aliphatic heterocycles. The third kappa shape index (κ3) is 4.14. The number of nitrogens with zero attached hydrogens (tertiary/aromatic N) is 1. The molecule has 0 saturated carbocycles. The van der Waals surface area contributed by atoms with Crippen LogP contribution in [0.4, 0.5) is 0 Å². The third-order valence-electron chi connectivity index (χ3n) is 2.71. The van der Waals surface area contributed by atoms with Crippen LogP contribution >= 0.6 is 22.7 Å². The average Bonchev–Trinajstić information content (AvgIpc) is 3.03. The molecule has 3 nitrogen and oxygen atoms in total. The Morgan fingerprint density at radius 2 is 2.32 bits per heavy atom. The Labute approximate surface area is 121 Å². The SMILES string of the molecule is CC(C)CCCNC(=O)c1cnc(-c2cccs2)s1. The minimum Gasteiger partial charge on any atom is -0.351 e. The van der Waals surface area contributed by atoms with E-state index in [1.165, 1.54) is 11.3 Å². The first-order chi connectivity index (χ1) is 9.16. The highest BCUT2D eigenvalue weighted by atomic mass is 32.1. The van der Waals surface area contributed by atoms with Gasteiger partial charge >= 0.3 is 0 Å². The molecule has 0 bridgehead atoms. The monoisotopic (exact) mass is 294 g/mol. The van der Waals surface area contributed by atoms with Gasteiger partial charge in [-0.1, -0.05) is 19.9 Å². The number of hydrogen-bond acceptors (Lipinski definition) is 4. The fourth-order valence-corrected chi connectivity index (χ4v) is 3.33. The smallest absolute Gasteiger partial charge is 0.263 e. The highest BCUT2D eigenvalue weighted by molar-refractivity contribution is 7.21. The van der Waals surface area contributed by atoms with Crippen LogP contribution in [0.5, 0.6) is 0 Å². The lowest BCUT2D eigenvalue weighted by Gasteiger charge is -2.05. The van der Waals surface area contributed by atoms with Crippen LogP contribution in [0.25, 0.3) is 9.88 Å². The van der Waals surface area contributed by atoms with Crippen molar-refractivity contribution < 1.29 is 4.79 Å². The lowest BCUT2D eigenvalue weighted by Crippen LogP contribution is -2.23. The van der Waals surface area contributed by atoms with Crippen LogP contribution in [-0.4, -0.2) is 17.4 Å². The summed E-state index contributed by atoms with van der Waals surface area (Å²) in [5.74, 6) is 0.676. The molecule has 5 heteroatoms. The molecule has 0 atom stereocenters. The average molecular weight is 294 g/mol. The maximum atomic E-state index is 11.9. The van der Waals surface area contributed by atoms with Gasteiger partial charge in [-0.2, -0.15) is 0 Å². The van der Waals surface area contributed by atoms with Crippen LogP contribution in [0.1, 0.15) is 36.4 Å². The second-order valence-electron chi connectivity index (χ2n) is 4.80. The Balaban J connectivity index is 1.86. The molecule has 0 fully saturated rings. The van der Waals surface area contributed by atoms with Gasteiger partial charge in [-0.3, -0.25) is 4.79 Å². The summed E-state index contributed by atoms with van der Waals surface area (Å²) in [5.41, 5.74) is 0. The van der Waals surface area contributed by atoms with Crippen molar-refractivity contribution in [3.8, 4) is 9.88 Å². The number of carbonyl (C=O) groups excluding carboxylic acids is 1. The first-order valence-corrected chi connectivity index (χ1v) is 8.14. The van der Waals surface area contributed by atoms with E-state index in [1.807, 2.05) is 17.5 Å². The molecule has 0 spiro atoms. The molecule has 0 aliphatic rings. The summed E-state index contributed by atoms with van der Waals surface area (Å²) in [6.45, 7) is 5.12. The van der Waals surface area contributed by atoms with E-state index in [2.05, 4.69) is 24.1 Å². The number of hydrogen-bond donors (Lipinski definition) is 1. The van der Waals surface area contributed by atoms with Gasteiger partial charge in [0, 0.05) is 6.54 Å². The van der Waals surface area contributed by atoms with E-state index in [0.29, 0.717) is 10.8 Å². The minimum atomic E-state index is -0.0101. The van der Waals surface area contributed by atoms with Crippen LogP contribution in [-0.2, 0) is 0 Å². The largest absolute Gasteiger partial charge is 0.351 e. The fraction of sp³-hybridized carbons (Fsp3) is 0.429. The molecule has 1 N–H and O–H groups in total. The zero-order valence-corrected chi connectivity index (χ0v) is 12.8. The summed E-state index contributed by atoms with van der Waals surface area (Å²) < 4.78 is 0. The van der Waals surface area contributed by atoms with E-state index in [1.54, 1.807) is 17.5 Å². The Morgan fingerprint density at radius 3 is 3.00 bits per heavy atom. The van der Waals surface area contributed by atoms with Gasteiger partial charge in [-0.25, -0.2) is 4.98 Å². The molecule has 2 aromatic heterocycles. The number of thiazole rings is 1. The molecule has 0 unspecified atom stereocenters. The van der Waals surface area contributed by atoms with Crippen LogP contribution in [0.15, 0.2) is 23.7 Å². The lowest BCUT2D eigenvalue weighted by atomic mass is 10.1. The van der Waals surface area contributed by atoms with Crippen molar-refractivity contribution in [2.75, 3.05) is 6.54 Å². The molecular weight excluding hydrogens is 276 g/mol. The number of amides is 1. The van der Waals surface area contributed by atoms with Crippen LogP contribution < -0.4 is 5.32 Å². The van der Waals surface area contributed by atoms with Crippen LogP contribution in [0.2, 0.25) is 0 Å². The Hall–Kier alpha value is -1.20. The van der Waals surface area contributed by atoms with Crippen molar-refractivity contribution in [1.29, 1.82) is 0 Å². The Morgan fingerprint density at radius 1 is 1.47 bits per heavy atom. The second-order valence-corrected chi connectivity index (χ2v) is 6.78. The fourth-order valence-electron chi connectivity index (χ4n) is 1.69. The standard InChI is InChI=1S/C14H18N2OS2/c1-10(2)5-3-7-15-13(17)12-9-16-14(19-12)11-6-4-8-18-11/h4,6,8-10H,3,5,7H2,1-2H3,(H,15,17). The van der Waals surface area contributed by atoms with Crippen LogP contribution in [0.3, 0.4) is 0 Å². The first-order valence-electron chi connectivity index (χ1n) is 6.44. The number of carbonyl (C=O) groups is 1. The summed E-state index contributed by atoms with van der Waals surface area (Å²) in [7, 11) is 0. The highest BCUT2D eigenvalue weighted by Gasteiger charge is 2.11. The van der Waals surface area contributed by atoms with Gasteiger partial charge in [0.1, 0.15) is 9.88 Å². The molecule has 2 aromatic rings. The van der Waals surface area contributed by atoms with E-state index in [-0.39, 0.29) is 5.91 Å². The normalized spacial score (nSPS) is 10.9. The van der Waals surface area contributed by atoms with Gasteiger partial charge in [0.2, 0.25) is 0 Å². The number of rotatable bonds is 6. The molecule has 0 radical (unpaired) electrons. The van der Waals surface area contributed by atoms with Crippen LogP contribution in [0, 0.1) is 5.92 Å². The van der Waals surface area contributed by atoms with Crippen molar-refractivity contribution in [1.82, 2.24) is 10.3 Å². The lowest BCUT2D eigenvalue weighted by molar-refractivity contribution is 0.0956.